The van der Waals surface area contributed by atoms with E-state index < -0.39 is 120 Å². The number of carboxylic acids is 2. The van der Waals surface area contributed by atoms with Gasteiger partial charge in [-0.05, 0) is 146 Å². The fraction of sp³-hybridized carbons (Fsp3) is 0.238. The number of hydrogen-bond donors (Lipinski definition) is 9. The molecule has 12 rings (SSSR count). The van der Waals surface area contributed by atoms with Crippen molar-refractivity contribution in [2.24, 2.45) is 11.5 Å². The number of nitro benzene ring substituents is 2. The van der Waals surface area contributed by atoms with E-state index in [1.165, 1.54) is 98.3 Å². The Labute approximate surface area is 883 Å². The molecule has 3 amide bonds. The number of aryl methyl sites for hydroxylation is 2. The van der Waals surface area contributed by atoms with Crippen LogP contribution in [0.1, 0.15) is 174 Å². The number of carbonyl (C=O) groups excluding carboxylic acids is 7. The zero-order valence-electron chi connectivity index (χ0n) is 79.7. The summed E-state index contributed by atoms with van der Waals surface area (Å²) in [6.45, 7) is 23.8. The van der Waals surface area contributed by atoms with Crippen LogP contribution in [0.15, 0.2) is 243 Å². The summed E-state index contributed by atoms with van der Waals surface area (Å²) >= 11 is 0. The van der Waals surface area contributed by atoms with Crippen molar-refractivity contribution < 1.29 is 132 Å². The van der Waals surface area contributed by atoms with Gasteiger partial charge in [-0.3, -0.25) is 53.9 Å². The molecule has 0 aliphatic rings. The maximum atomic E-state index is 15.1. The Bertz CT molecular complexity index is 6200. The average molecular weight is 2140 g/mol. The number of nitrogens with two attached hydrogens (primary N) is 4. The number of ether oxygens (including phenoxy) is 3. The van der Waals surface area contributed by atoms with Crippen molar-refractivity contribution in [1.29, 1.82) is 5.26 Å². The van der Waals surface area contributed by atoms with Crippen molar-refractivity contribution >= 4 is 123 Å². The van der Waals surface area contributed by atoms with Crippen LogP contribution in [0.3, 0.4) is 0 Å². The fourth-order valence-electron chi connectivity index (χ4n) is 10.5. The molecule has 0 unspecified atom stereocenters. The van der Waals surface area contributed by atoms with Gasteiger partial charge in [-0.1, -0.05) is 139 Å². The number of nitrogens with one attached hydrogen (secondary N) is 3. The van der Waals surface area contributed by atoms with Crippen LogP contribution in [0.4, 0.5) is 65.7 Å². The number of nitrogen functional groups attached to an aromatic ring is 2. The van der Waals surface area contributed by atoms with E-state index in [1.807, 2.05) is 36.4 Å². The molecule has 38 nitrogen and oxygen atoms in total. The summed E-state index contributed by atoms with van der Waals surface area (Å²) in [6, 6.07) is 67.1. The number of amides is 3. The average Bonchev–Trinajstić information content (AvgIpc) is 1.58. The van der Waals surface area contributed by atoms with E-state index in [0.29, 0.717) is 58.2 Å². The van der Waals surface area contributed by atoms with E-state index in [9.17, 15) is 80.9 Å². The van der Waals surface area contributed by atoms with Crippen LogP contribution < -0.4 is 56.0 Å². The Morgan fingerprint density at radius 2 is 0.898 bits per heavy atom. The van der Waals surface area contributed by atoms with Gasteiger partial charge in [0.25, 0.3) is 17.7 Å². The molecule has 0 aliphatic carbocycles. The Morgan fingerprint density at radius 1 is 0.531 bits per heavy atom. The van der Waals surface area contributed by atoms with E-state index in [1.54, 1.807) is 191 Å². The molecule has 12 aromatic rings. The molecule has 0 fully saturated rings. The minimum absolute atomic E-state index is 0. The van der Waals surface area contributed by atoms with Gasteiger partial charge < -0.3 is 79.8 Å². The third-order valence-corrected chi connectivity index (χ3v) is 17.0. The van der Waals surface area contributed by atoms with Crippen molar-refractivity contribution in [3.8, 4) is 17.4 Å². The number of nitrogens with zero attached hydrogens (tertiary/aromatic N) is 10. The predicted molar refractivity (Wildman–Crippen MR) is 549 cm³/mol. The molecule has 2 heterocycles. The van der Waals surface area contributed by atoms with Crippen molar-refractivity contribution in [2.75, 3.05) is 85.4 Å². The Kier molecular flexibility index (Phi) is 68.2. The minimum Gasteiger partial charge on any atom is -1.00 e. The number of hydrogen-bond acceptors (Lipinski definition) is 28. The number of ketones is 2. The summed E-state index contributed by atoms with van der Waals surface area (Å²) in [5, 5.41) is 62.6. The number of nitro groups is 2. The molecular weight excluding hydrogens is 2020 g/mol. The van der Waals surface area contributed by atoms with Crippen LogP contribution in [0.2, 0.25) is 0 Å². The van der Waals surface area contributed by atoms with Gasteiger partial charge in [-0.2, -0.15) is 60.6 Å². The van der Waals surface area contributed by atoms with Gasteiger partial charge in [0.2, 0.25) is 11.6 Å². The molecule has 788 valence electrons. The maximum absolute atomic E-state index is 15.1. The first-order valence-electron chi connectivity index (χ1n) is 41.0. The molecule has 13 N–H and O–H groups in total. The van der Waals surface area contributed by atoms with Crippen LogP contribution in [0, 0.1) is 87.1 Å². The topological polar surface area (TPSA) is 546 Å². The second-order valence-electron chi connectivity index (χ2n) is 29.6. The molecule has 0 saturated heterocycles. The first-order valence-corrected chi connectivity index (χ1v) is 41.0. The number of halogens is 7. The fourth-order valence-corrected chi connectivity index (χ4v) is 10.5. The molecule has 2 aromatic heterocycles. The SMILES string of the molecule is C.C.C.C.CC(C)(C)OC(=O)OC(=O)OC(C)(C)C.CNOC.CON(C)C(=O)c1cccc(N)c1F.CON(C)C(=O)c1cccc([N+](=O)[O-])c1F.Cc1cc(C(=O)O)n(-c2cccc(C#N)c2)n1.Cl.NCCNCCN.Nc1cccc(C(=O)c2ccccc2)c1F.O=C(O)c1cccc([N+](=O)[O-])c1F.[Br-].[C-]#[N+]c1cccc(-n2nc(C)cc2C(=O)Nc2cccc(C(=O)c3ccccc3)c2F)c1.[HH].[Mg+2].[c-]1ccccc1. The summed E-state index contributed by atoms with van der Waals surface area (Å²) in [5.74, 6) is -10.0. The summed E-state index contributed by atoms with van der Waals surface area (Å²) in [7, 11) is 8.50. The van der Waals surface area contributed by atoms with E-state index in [4.69, 9.17) is 54.5 Å². The predicted octanol–water partition coefficient (Wildman–Crippen LogP) is 16.0. The monoisotopic (exact) mass is 2140 g/mol. The second kappa shape index (κ2) is 71.7. The van der Waals surface area contributed by atoms with Gasteiger partial charge >= 0.3 is 58.7 Å². The van der Waals surface area contributed by atoms with E-state index in [-0.39, 0.29) is 134 Å². The van der Waals surface area contributed by atoms with Crippen LogP contribution in [0.5, 0.6) is 0 Å². The number of anilines is 3. The van der Waals surface area contributed by atoms with Gasteiger partial charge in [-0.15, -0.1) is 12.4 Å². The van der Waals surface area contributed by atoms with Crippen molar-refractivity contribution in [3.05, 3.63) is 377 Å². The number of carboxylic acid groups (broad SMARTS) is 2. The third-order valence-electron chi connectivity index (χ3n) is 17.0. The van der Waals surface area contributed by atoms with E-state index >= 15 is 4.39 Å². The minimum atomic E-state index is -1.53. The number of nitriles is 1. The molecule has 147 heavy (non-hydrogen) atoms. The number of aromatic nitrogens is 4. The quantitative estimate of drug-likeness (QED) is 0.00308. The Hall–Kier alpha value is -15.7. The standard InChI is InChI=1S/C25H17FN4O2.C13H10FNO.C12H9N3O2.C10H18O5.C9H9FN2O4.C9H11FN2O2.C7H4FNO4.C6H5.C4H13N3.C2H7NO.4CH4.BrH.ClH.Mg.H2/c1-16-14-22(30(29-16)19-11-6-10-18(15-19)27-2)25(32)28-21-13-7-12-20(23(21)26)24(31)17-8-4-3-5-9-17;14-12-10(7-4-8-11(12)15)13(16)9-5-2-1-3-6-9;1-8-5-11(12(16)17)15(14-8)10-4-2-3-9(6-10)7-13;1-9(2,3)14-7(11)13-8(12)15-10(4,5)6;1-11(16-2)9(13)6-4-3-5-7(8(6)10)12(14)15;1-12(14-2)9(13)6-4-3-5-7(11)8(6)10;8-6-4(7(10)11)2-1-3-5(6)9(12)13;1-2-4-6-5-3-1;5-1-3-7-4-2-6;1-3-4-2;;;;;;;;/h3-15H,1H3,(H,28,32);1-8H,15H2;2-6H,1H3,(H,16,17);1-6H3;3-5H,1-2H3;3-5H,11H2,1-2H3;1-3H,(H,10,11);1-5H;7H,1-6H2;3H,1-2H3;4*1H4;2*1H;;1H/q;;;;;;;-1;;;;;;;;;+2;/p-1. The zero-order chi connectivity index (χ0) is 105. The summed E-state index contributed by atoms with van der Waals surface area (Å²) in [6.07, 6.45) is -2.12. The largest absolute Gasteiger partial charge is 2.00 e. The normalized spacial score (nSPS) is 9.57. The molecule has 0 atom stereocenters. The van der Waals surface area contributed by atoms with Crippen LogP contribution in [0.25, 0.3) is 16.2 Å². The van der Waals surface area contributed by atoms with Crippen LogP contribution in [-0.4, -0.2) is 206 Å². The molecule has 10 aromatic carbocycles. The van der Waals surface area contributed by atoms with Gasteiger partial charge in [-0.25, -0.2) is 62.2 Å². The van der Waals surface area contributed by atoms with Crippen molar-refractivity contribution in [2.45, 2.75) is 96.3 Å². The van der Waals surface area contributed by atoms with Gasteiger partial charge in [0.1, 0.15) is 22.5 Å². The third kappa shape index (κ3) is 48.1. The van der Waals surface area contributed by atoms with Crippen molar-refractivity contribution in [3.63, 3.8) is 0 Å². The number of benzene rings is 10. The Balaban J connectivity index is -0.000000391. The Morgan fingerprint density at radius 3 is 1.28 bits per heavy atom. The molecule has 0 saturated carbocycles. The van der Waals surface area contributed by atoms with E-state index in [2.05, 4.69) is 56.5 Å². The second-order valence-corrected chi connectivity index (χ2v) is 29.6. The summed E-state index contributed by atoms with van der Waals surface area (Å²) in [5.41, 5.74) is 23.2. The van der Waals surface area contributed by atoms with E-state index in [0.717, 1.165) is 53.5 Å². The van der Waals surface area contributed by atoms with Gasteiger partial charge in [0, 0.05) is 72.0 Å². The summed E-state index contributed by atoms with van der Waals surface area (Å²) in [4.78, 5) is 140. The van der Waals surface area contributed by atoms with Crippen LogP contribution in [-0.2, 0) is 28.7 Å². The smallest absolute Gasteiger partial charge is 1.00 e. The number of aromatic carboxylic acids is 2. The molecule has 0 aliphatic heterocycles. The molecule has 0 radical (unpaired) electrons. The molecular formula is C101H122BrClF5MgN17O21. The summed E-state index contributed by atoms with van der Waals surface area (Å²) < 4.78 is 85.0. The molecule has 46 heteroatoms. The number of carbonyl (C=O) groups is 9. The number of rotatable bonds is 21. The van der Waals surface area contributed by atoms with Gasteiger partial charge in [0.05, 0.1) is 111 Å². The first kappa shape index (κ1) is 140. The first-order chi connectivity index (χ1) is 66.2. The zero-order valence-corrected chi connectivity index (χ0v) is 83.6. The van der Waals surface area contributed by atoms with Gasteiger partial charge in [0.15, 0.2) is 40.4 Å². The molecule has 0 bridgehead atoms. The van der Waals surface area contributed by atoms with Crippen LogP contribution >= 0.6 is 12.4 Å². The molecule has 0 spiro atoms. The number of hydroxylamine groups is 5. The maximum Gasteiger partial charge on any atom is 2.00 e. The van der Waals surface area contributed by atoms with Crippen molar-refractivity contribution in [1.82, 2.24) is 40.5 Å².